The zero-order valence-electron chi connectivity index (χ0n) is 12.5. The summed E-state index contributed by atoms with van der Waals surface area (Å²) in [4.78, 5) is 2.46. The SMILES string of the molecule is COc1ccccc1CN1CCc2ccccc2C1CN. The van der Waals surface area contributed by atoms with Crippen molar-refractivity contribution < 1.29 is 4.74 Å². The fourth-order valence-electron chi connectivity index (χ4n) is 3.22. The van der Waals surface area contributed by atoms with E-state index in [1.54, 1.807) is 7.11 Å². The zero-order valence-corrected chi connectivity index (χ0v) is 12.5. The number of methoxy groups -OCH3 is 1. The van der Waals surface area contributed by atoms with Crippen LogP contribution in [-0.2, 0) is 13.0 Å². The molecule has 0 saturated heterocycles. The number of nitrogens with zero attached hydrogens (tertiary/aromatic N) is 1. The highest BCUT2D eigenvalue weighted by molar-refractivity contribution is 5.36. The highest BCUT2D eigenvalue weighted by Gasteiger charge is 2.26. The normalized spacial score (nSPS) is 18.3. The van der Waals surface area contributed by atoms with Gasteiger partial charge in [0, 0.05) is 31.2 Å². The van der Waals surface area contributed by atoms with Crippen molar-refractivity contribution in [1.82, 2.24) is 4.90 Å². The molecule has 0 bridgehead atoms. The van der Waals surface area contributed by atoms with Gasteiger partial charge in [-0.3, -0.25) is 4.90 Å². The number of ether oxygens (including phenoxy) is 1. The Morgan fingerprint density at radius 1 is 1.14 bits per heavy atom. The second-order valence-electron chi connectivity index (χ2n) is 5.48. The summed E-state index contributed by atoms with van der Waals surface area (Å²) in [7, 11) is 1.73. The van der Waals surface area contributed by atoms with Crippen LogP contribution in [0.3, 0.4) is 0 Å². The molecule has 1 aliphatic rings. The molecule has 2 aromatic rings. The molecule has 1 unspecified atom stereocenters. The van der Waals surface area contributed by atoms with E-state index in [-0.39, 0.29) is 0 Å². The van der Waals surface area contributed by atoms with Crippen molar-refractivity contribution in [3.05, 3.63) is 65.2 Å². The molecule has 1 atom stereocenters. The summed E-state index contributed by atoms with van der Waals surface area (Å²) in [6.45, 7) is 2.56. The Balaban J connectivity index is 1.86. The average Bonchev–Trinajstić information content (AvgIpc) is 2.55. The van der Waals surface area contributed by atoms with Gasteiger partial charge in [-0.05, 0) is 23.6 Å². The van der Waals surface area contributed by atoms with Crippen LogP contribution < -0.4 is 10.5 Å². The molecule has 0 radical (unpaired) electrons. The summed E-state index contributed by atoms with van der Waals surface area (Å²) >= 11 is 0. The smallest absolute Gasteiger partial charge is 0.123 e. The van der Waals surface area contributed by atoms with Crippen molar-refractivity contribution in [2.75, 3.05) is 20.2 Å². The molecular weight excluding hydrogens is 260 g/mol. The largest absolute Gasteiger partial charge is 0.496 e. The molecule has 2 N–H and O–H groups in total. The van der Waals surface area contributed by atoms with Crippen LogP contribution in [0.4, 0.5) is 0 Å². The van der Waals surface area contributed by atoms with Crippen LogP contribution in [0.15, 0.2) is 48.5 Å². The van der Waals surface area contributed by atoms with Gasteiger partial charge in [-0.15, -0.1) is 0 Å². The summed E-state index contributed by atoms with van der Waals surface area (Å²) < 4.78 is 5.47. The summed E-state index contributed by atoms with van der Waals surface area (Å²) in [5.41, 5.74) is 10.1. The molecule has 0 aromatic heterocycles. The maximum absolute atomic E-state index is 6.06. The predicted octanol–water partition coefficient (Wildman–Crippen LogP) is 2.75. The maximum atomic E-state index is 6.06. The number of fused-ring (bicyclic) bond motifs is 1. The first kappa shape index (κ1) is 14.1. The second-order valence-corrected chi connectivity index (χ2v) is 5.48. The minimum absolute atomic E-state index is 0.292. The van der Waals surface area contributed by atoms with Gasteiger partial charge in [-0.2, -0.15) is 0 Å². The molecule has 3 nitrogen and oxygen atoms in total. The molecule has 1 aliphatic heterocycles. The fraction of sp³-hybridized carbons (Fsp3) is 0.333. The van der Waals surface area contributed by atoms with E-state index in [2.05, 4.69) is 41.3 Å². The Hall–Kier alpha value is -1.84. The summed E-state index contributed by atoms with van der Waals surface area (Å²) in [5.74, 6) is 0.951. The van der Waals surface area contributed by atoms with E-state index in [9.17, 15) is 0 Å². The Kier molecular flexibility index (Phi) is 4.23. The van der Waals surface area contributed by atoms with E-state index in [0.29, 0.717) is 12.6 Å². The van der Waals surface area contributed by atoms with Gasteiger partial charge in [-0.25, -0.2) is 0 Å². The van der Waals surface area contributed by atoms with Crippen LogP contribution in [0.2, 0.25) is 0 Å². The van der Waals surface area contributed by atoms with Crippen LogP contribution in [0.5, 0.6) is 5.75 Å². The zero-order chi connectivity index (χ0) is 14.7. The quantitative estimate of drug-likeness (QED) is 0.937. The van der Waals surface area contributed by atoms with E-state index < -0.39 is 0 Å². The summed E-state index contributed by atoms with van der Waals surface area (Å²) in [5, 5.41) is 0. The Morgan fingerprint density at radius 3 is 2.71 bits per heavy atom. The van der Waals surface area contributed by atoms with Gasteiger partial charge < -0.3 is 10.5 Å². The van der Waals surface area contributed by atoms with Crippen LogP contribution in [0.1, 0.15) is 22.7 Å². The van der Waals surface area contributed by atoms with Crippen molar-refractivity contribution >= 4 is 0 Å². The number of nitrogens with two attached hydrogens (primary N) is 1. The lowest BCUT2D eigenvalue weighted by Gasteiger charge is -2.37. The van der Waals surface area contributed by atoms with Gasteiger partial charge in [0.2, 0.25) is 0 Å². The molecule has 0 saturated carbocycles. The Labute approximate surface area is 126 Å². The molecule has 3 rings (SSSR count). The number of hydrogen-bond acceptors (Lipinski definition) is 3. The first-order valence-electron chi connectivity index (χ1n) is 7.47. The van der Waals surface area contributed by atoms with Gasteiger partial charge in [0.25, 0.3) is 0 Å². The molecule has 1 heterocycles. The fourth-order valence-corrected chi connectivity index (χ4v) is 3.22. The van der Waals surface area contributed by atoms with Crippen molar-refractivity contribution in [2.24, 2.45) is 5.73 Å². The van der Waals surface area contributed by atoms with E-state index >= 15 is 0 Å². The van der Waals surface area contributed by atoms with Crippen molar-refractivity contribution in [1.29, 1.82) is 0 Å². The van der Waals surface area contributed by atoms with Crippen LogP contribution in [0.25, 0.3) is 0 Å². The highest BCUT2D eigenvalue weighted by Crippen LogP contribution is 2.31. The number of para-hydroxylation sites is 1. The number of benzene rings is 2. The Morgan fingerprint density at radius 2 is 1.90 bits per heavy atom. The maximum Gasteiger partial charge on any atom is 0.123 e. The van der Waals surface area contributed by atoms with E-state index in [1.165, 1.54) is 16.7 Å². The van der Waals surface area contributed by atoms with Crippen LogP contribution in [-0.4, -0.2) is 25.1 Å². The minimum atomic E-state index is 0.292. The molecule has 0 aliphatic carbocycles. The third-order valence-corrected chi connectivity index (χ3v) is 4.31. The van der Waals surface area contributed by atoms with Crippen LogP contribution >= 0.6 is 0 Å². The molecule has 21 heavy (non-hydrogen) atoms. The first-order chi connectivity index (χ1) is 10.3. The van der Waals surface area contributed by atoms with Crippen molar-refractivity contribution in [2.45, 2.75) is 19.0 Å². The highest BCUT2D eigenvalue weighted by atomic mass is 16.5. The minimum Gasteiger partial charge on any atom is -0.496 e. The predicted molar refractivity (Wildman–Crippen MR) is 85.3 cm³/mol. The molecular formula is C18H22N2O. The van der Waals surface area contributed by atoms with Crippen LogP contribution in [0, 0.1) is 0 Å². The average molecular weight is 282 g/mol. The standard InChI is InChI=1S/C18H22N2O/c1-21-18-9-5-3-7-15(18)13-20-11-10-14-6-2-4-8-16(14)17(20)12-19/h2-9,17H,10-13,19H2,1H3. The molecule has 3 heteroatoms. The number of hydrogen-bond donors (Lipinski definition) is 1. The summed E-state index contributed by atoms with van der Waals surface area (Å²) in [6.07, 6.45) is 1.09. The summed E-state index contributed by atoms with van der Waals surface area (Å²) in [6, 6.07) is 17.2. The van der Waals surface area contributed by atoms with Gasteiger partial charge in [0.15, 0.2) is 0 Å². The third kappa shape index (κ3) is 2.80. The lowest BCUT2D eigenvalue weighted by atomic mass is 9.92. The van der Waals surface area contributed by atoms with E-state index in [4.69, 9.17) is 10.5 Å². The molecule has 0 fully saturated rings. The van der Waals surface area contributed by atoms with Gasteiger partial charge in [0.05, 0.1) is 7.11 Å². The van der Waals surface area contributed by atoms with E-state index in [1.807, 2.05) is 12.1 Å². The topological polar surface area (TPSA) is 38.5 Å². The van der Waals surface area contributed by atoms with Gasteiger partial charge in [-0.1, -0.05) is 42.5 Å². The molecule has 0 amide bonds. The third-order valence-electron chi connectivity index (χ3n) is 4.31. The molecule has 110 valence electrons. The van der Waals surface area contributed by atoms with Gasteiger partial charge in [0.1, 0.15) is 5.75 Å². The molecule has 0 spiro atoms. The van der Waals surface area contributed by atoms with Crippen molar-refractivity contribution in [3.8, 4) is 5.75 Å². The van der Waals surface area contributed by atoms with E-state index in [0.717, 1.165) is 25.3 Å². The first-order valence-corrected chi connectivity index (χ1v) is 7.47. The second kappa shape index (κ2) is 6.29. The monoisotopic (exact) mass is 282 g/mol. The lowest BCUT2D eigenvalue weighted by Crippen LogP contribution is -2.38. The lowest BCUT2D eigenvalue weighted by molar-refractivity contribution is 0.179. The Bertz CT molecular complexity index is 612. The van der Waals surface area contributed by atoms with Crippen molar-refractivity contribution in [3.63, 3.8) is 0 Å². The van der Waals surface area contributed by atoms with Gasteiger partial charge >= 0.3 is 0 Å². The number of rotatable bonds is 4. The molecule has 2 aromatic carbocycles.